The van der Waals surface area contributed by atoms with Gasteiger partial charge in [0.15, 0.2) is 27.8 Å². The van der Waals surface area contributed by atoms with Crippen LogP contribution in [0.15, 0.2) is 58.0 Å². The molecular weight excluding hydrogens is 544 g/mol. The molecule has 41 heavy (non-hydrogen) atoms. The minimum Gasteiger partial charge on any atom is -0.490 e. The van der Waals surface area contributed by atoms with Crippen molar-refractivity contribution >= 4 is 23.4 Å². The number of hydrogen-bond acceptors (Lipinski definition) is 9. The summed E-state index contributed by atoms with van der Waals surface area (Å²) in [6, 6.07) is 10.3. The lowest BCUT2D eigenvalue weighted by Gasteiger charge is -2.23. The van der Waals surface area contributed by atoms with Gasteiger partial charge in [0.25, 0.3) is 5.56 Å². The molecule has 1 aromatic heterocycles. The zero-order chi connectivity index (χ0) is 29.4. The Hall–Kier alpha value is -4.05. The van der Waals surface area contributed by atoms with Crippen molar-refractivity contribution < 1.29 is 28.5 Å². The van der Waals surface area contributed by atoms with E-state index < -0.39 is 12.0 Å². The molecule has 2 aromatic carbocycles. The van der Waals surface area contributed by atoms with Crippen molar-refractivity contribution in [1.29, 1.82) is 0 Å². The molecule has 0 unspecified atom stereocenters. The van der Waals surface area contributed by atoms with Crippen LogP contribution in [-0.4, -0.2) is 44.1 Å². The van der Waals surface area contributed by atoms with E-state index in [-0.39, 0.29) is 11.1 Å². The third-order valence-corrected chi connectivity index (χ3v) is 7.33. The number of methoxy groups -OCH3 is 1. The number of esters is 1. The minimum atomic E-state index is -0.760. The molecule has 0 saturated heterocycles. The molecule has 218 valence electrons. The zero-order valence-corrected chi connectivity index (χ0v) is 24.9. The molecule has 0 N–H and O–H groups in total. The van der Waals surface area contributed by atoms with Crippen LogP contribution < -0.4 is 33.8 Å². The zero-order valence-electron chi connectivity index (χ0n) is 24.1. The standard InChI is InChI=1S/C31H36N2O7S/c1-6-10-15-40-24-13-11-20(16-25(24)38-8-3)17-27-29(34)33-28(22(30(35)36-5)19-32-31(33)41-27)21-12-14-23(37-7-2)26(18-21)39-9-4/h11-14,16-19,28H,6-10,15H2,1-5H3/b27-17-/t28-/m1/s1. The van der Waals surface area contributed by atoms with E-state index >= 15 is 0 Å². The van der Waals surface area contributed by atoms with Gasteiger partial charge in [-0.15, -0.1) is 0 Å². The largest absolute Gasteiger partial charge is 0.490 e. The number of hydrogen-bond donors (Lipinski definition) is 0. The van der Waals surface area contributed by atoms with Crippen molar-refractivity contribution in [2.75, 3.05) is 33.5 Å². The van der Waals surface area contributed by atoms with Crippen molar-refractivity contribution in [1.82, 2.24) is 4.57 Å². The quantitative estimate of drug-likeness (QED) is 0.218. The molecule has 10 heteroatoms. The first-order valence-electron chi connectivity index (χ1n) is 13.8. The normalized spacial score (nSPS) is 14.5. The van der Waals surface area contributed by atoms with Crippen LogP contribution in [0.5, 0.6) is 23.0 Å². The minimum absolute atomic E-state index is 0.241. The maximum absolute atomic E-state index is 13.9. The summed E-state index contributed by atoms with van der Waals surface area (Å²) in [6.45, 7) is 9.79. The number of aromatic nitrogens is 1. The fourth-order valence-electron chi connectivity index (χ4n) is 4.47. The van der Waals surface area contributed by atoms with Gasteiger partial charge in [-0.25, -0.2) is 9.79 Å². The second kappa shape index (κ2) is 14.0. The van der Waals surface area contributed by atoms with Crippen molar-refractivity contribution in [2.24, 2.45) is 4.99 Å². The number of ether oxygens (including phenoxy) is 5. The van der Waals surface area contributed by atoms with Gasteiger partial charge in [0.2, 0.25) is 0 Å². The van der Waals surface area contributed by atoms with Crippen LogP contribution in [0.4, 0.5) is 0 Å². The second-order valence-corrected chi connectivity index (χ2v) is 10.1. The maximum atomic E-state index is 13.9. The SMILES string of the molecule is CCCCOc1ccc(/C=c2\sc3n(c2=O)[C@H](c2ccc(OCC)c(OCC)c2)C(C(=O)OC)=CN=3)cc1OCC. The monoisotopic (exact) mass is 580 g/mol. The second-order valence-electron chi connectivity index (χ2n) is 9.09. The predicted octanol–water partition coefficient (Wildman–Crippen LogP) is 4.39. The first-order chi connectivity index (χ1) is 19.9. The van der Waals surface area contributed by atoms with Gasteiger partial charge in [0.1, 0.15) is 0 Å². The molecule has 9 nitrogen and oxygen atoms in total. The summed E-state index contributed by atoms with van der Waals surface area (Å²) in [5.74, 6) is 1.83. The molecule has 0 saturated carbocycles. The molecule has 1 aliphatic heterocycles. The maximum Gasteiger partial charge on any atom is 0.337 e. The van der Waals surface area contributed by atoms with Gasteiger partial charge in [0, 0.05) is 6.20 Å². The molecule has 0 radical (unpaired) electrons. The average molecular weight is 581 g/mol. The Morgan fingerprint density at radius 3 is 2.27 bits per heavy atom. The third-order valence-electron chi connectivity index (χ3n) is 6.33. The van der Waals surface area contributed by atoms with E-state index in [4.69, 9.17) is 23.7 Å². The number of carbonyl (C=O) groups is 1. The Morgan fingerprint density at radius 2 is 1.59 bits per heavy atom. The van der Waals surface area contributed by atoms with E-state index in [1.807, 2.05) is 45.0 Å². The third kappa shape index (κ3) is 6.65. The van der Waals surface area contributed by atoms with E-state index in [9.17, 15) is 9.59 Å². The molecule has 1 atom stereocenters. The average Bonchev–Trinajstić information content (AvgIpc) is 3.29. The van der Waals surface area contributed by atoms with E-state index in [0.29, 0.717) is 64.3 Å². The molecule has 1 aliphatic rings. The molecule has 2 heterocycles. The number of rotatable bonds is 13. The van der Waals surface area contributed by atoms with Crippen LogP contribution in [0, 0.1) is 0 Å². The Kier molecular flexibility index (Phi) is 10.2. The van der Waals surface area contributed by atoms with Gasteiger partial charge < -0.3 is 23.7 Å². The highest BCUT2D eigenvalue weighted by molar-refractivity contribution is 7.07. The summed E-state index contributed by atoms with van der Waals surface area (Å²) < 4.78 is 30.3. The number of unbranched alkanes of at least 4 members (excludes halogenated alkanes) is 1. The first-order valence-corrected chi connectivity index (χ1v) is 14.7. The van der Waals surface area contributed by atoms with E-state index in [1.54, 1.807) is 18.2 Å². The Bertz CT molecular complexity index is 1590. The van der Waals surface area contributed by atoms with Gasteiger partial charge in [-0.05, 0) is 68.7 Å². The molecule has 0 bridgehead atoms. The summed E-state index contributed by atoms with van der Waals surface area (Å²) in [5.41, 5.74) is 1.42. The van der Waals surface area contributed by atoms with Gasteiger partial charge >= 0.3 is 5.97 Å². The highest BCUT2D eigenvalue weighted by Gasteiger charge is 2.31. The van der Waals surface area contributed by atoms with Crippen LogP contribution in [0.25, 0.3) is 6.08 Å². The summed E-state index contributed by atoms with van der Waals surface area (Å²) in [5, 5.41) is 0. The fourth-order valence-corrected chi connectivity index (χ4v) is 5.44. The van der Waals surface area contributed by atoms with Gasteiger partial charge in [-0.1, -0.05) is 36.8 Å². The van der Waals surface area contributed by atoms with Crippen molar-refractivity contribution in [3.05, 3.63) is 79.0 Å². The molecule has 3 aromatic rings. The lowest BCUT2D eigenvalue weighted by Crippen LogP contribution is -2.39. The topological polar surface area (TPSA) is 97.6 Å². The summed E-state index contributed by atoms with van der Waals surface area (Å²) in [4.78, 5) is 31.6. The van der Waals surface area contributed by atoms with E-state index in [0.717, 1.165) is 18.4 Å². The highest BCUT2D eigenvalue weighted by Crippen LogP contribution is 2.35. The Morgan fingerprint density at radius 1 is 0.927 bits per heavy atom. The number of fused-ring (bicyclic) bond motifs is 1. The lowest BCUT2D eigenvalue weighted by molar-refractivity contribution is -0.136. The number of benzene rings is 2. The van der Waals surface area contributed by atoms with E-state index in [2.05, 4.69) is 11.9 Å². The van der Waals surface area contributed by atoms with E-state index in [1.165, 1.54) is 29.2 Å². The molecule has 0 spiro atoms. The molecule has 0 fully saturated rings. The first kappa shape index (κ1) is 29.9. The highest BCUT2D eigenvalue weighted by atomic mass is 32.1. The number of nitrogens with zero attached hydrogens (tertiary/aromatic N) is 2. The van der Waals surface area contributed by atoms with Crippen LogP contribution in [-0.2, 0) is 9.53 Å². The van der Waals surface area contributed by atoms with Crippen LogP contribution in [0.2, 0.25) is 0 Å². The molecule has 0 amide bonds. The Balaban J connectivity index is 1.82. The van der Waals surface area contributed by atoms with Crippen LogP contribution in [0.3, 0.4) is 0 Å². The summed E-state index contributed by atoms with van der Waals surface area (Å²) in [7, 11) is 1.31. The summed E-state index contributed by atoms with van der Waals surface area (Å²) in [6.07, 6.45) is 5.25. The Labute approximate surface area is 243 Å². The predicted molar refractivity (Wildman–Crippen MR) is 158 cm³/mol. The van der Waals surface area contributed by atoms with Gasteiger partial charge in [-0.2, -0.15) is 0 Å². The van der Waals surface area contributed by atoms with Crippen molar-refractivity contribution in [3.8, 4) is 23.0 Å². The number of carbonyl (C=O) groups excluding carboxylic acids is 1. The molecule has 0 aliphatic carbocycles. The molecular formula is C31H36N2O7S. The lowest BCUT2D eigenvalue weighted by atomic mass is 9.97. The molecule has 4 rings (SSSR count). The van der Waals surface area contributed by atoms with Crippen molar-refractivity contribution in [3.63, 3.8) is 0 Å². The summed E-state index contributed by atoms with van der Waals surface area (Å²) >= 11 is 1.25. The van der Waals surface area contributed by atoms with Crippen LogP contribution in [0.1, 0.15) is 57.7 Å². The number of thiazole rings is 1. The van der Waals surface area contributed by atoms with Gasteiger partial charge in [0.05, 0.1) is 49.7 Å². The van der Waals surface area contributed by atoms with Crippen LogP contribution >= 0.6 is 11.3 Å². The fraction of sp³-hybridized carbons (Fsp3) is 0.387. The smallest absolute Gasteiger partial charge is 0.337 e. The van der Waals surface area contributed by atoms with Crippen molar-refractivity contribution in [2.45, 2.75) is 46.6 Å². The van der Waals surface area contributed by atoms with Gasteiger partial charge in [-0.3, -0.25) is 9.36 Å².